The SMILES string of the molecule is CC(=O)N(CCC(=O)NCc1ccccc1)c1cccc2cccnc12. The highest BCUT2D eigenvalue weighted by molar-refractivity contribution is 6.01. The molecule has 0 bridgehead atoms. The molecule has 132 valence electrons. The molecule has 0 spiro atoms. The number of rotatable bonds is 6. The van der Waals surface area contributed by atoms with Crippen molar-refractivity contribution in [1.29, 1.82) is 0 Å². The summed E-state index contributed by atoms with van der Waals surface area (Å²) in [6.07, 6.45) is 1.94. The Kier molecular flexibility index (Phi) is 5.59. The van der Waals surface area contributed by atoms with Gasteiger partial charge in [-0.3, -0.25) is 14.6 Å². The highest BCUT2D eigenvalue weighted by atomic mass is 16.2. The molecule has 3 aromatic rings. The molecular formula is C21H21N3O2. The lowest BCUT2D eigenvalue weighted by Crippen LogP contribution is -2.34. The van der Waals surface area contributed by atoms with Crippen LogP contribution in [0.2, 0.25) is 0 Å². The van der Waals surface area contributed by atoms with Crippen molar-refractivity contribution in [2.45, 2.75) is 19.9 Å². The summed E-state index contributed by atoms with van der Waals surface area (Å²) in [5.74, 6) is -0.202. The Bertz CT molecular complexity index is 904. The topological polar surface area (TPSA) is 62.3 Å². The predicted molar refractivity (Wildman–Crippen MR) is 103 cm³/mol. The quantitative estimate of drug-likeness (QED) is 0.744. The van der Waals surface area contributed by atoms with E-state index in [9.17, 15) is 9.59 Å². The third-order valence-electron chi connectivity index (χ3n) is 4.18. The van der Waals surface area contributed by atoms with Crippen LogP contribution >= 0.6 is 0 Å². The predicted octanol–water partition coefficient (Wildman–Crippen LogP) is 3.29. The lowest BCUT2D eigenvalue weighted by Gasteiger charge is -2.22. The zero-order chi connectivity index (χ0) is 18.4. The van der Waals surface area contributed by atoms with Gasteiger partial charge < -0.3 is 10.2 Å². The normalized spacial score (nSPS) is 10.5. The van der Waals surface area contributed by atoms with Crippen LogP contribution in [0, 0.1) is 0 Å². The molecule has 1 aromatic heterocycles. The maximum Gasteiger partial charge on any atom is 0.223 e. The smallest absolute Gasteiger partial charge is 0.223 e. The molecule has 0 atom stereocenters. The van der Waals surface area contributed by atoms with Crippen molar-refractivity contribution in [3.05, 3.63) is 72.4 Å². The second-order valence-corrected chi connectivity index (χ2v) is 6.04. The average Bonchev–Trinajstić information content (AvgIpc) is 2.67. The first-order valence-corrected chi connectivity index (χ1v) is 8.57. The number of nitrogens with one attached hydrogen (secondary N) is 1. The van der Waals surface area contributed by atoms with Gasteiger partial charge in [0.2, 0.25) is 11.8 Å². The highest BCUT2D eigenvalue weighted by Gasteiger charge is 2.16. The van der Waals surface area contributed by atoms with Crippen LogP contribution in [0.4, 0.5) is 5.69 Å². The minimum Gasteiger partial charge on any atom is -0.352 e. The average molecular weight is 347 g/mol. The zero-order valence-electron chi connectivity index (χ0n) is 14.7. The van der Waals surface area contributed by atoms with E-state index in [1.165, 1.54) is 6.92 Å². The fourth-order valence-corrected chi connectivity index (χ4v) is 2.85. The number of para-hydroxylation sites is 1. The van der Waals surface area contributed by atoms with Crippen LogP contribution in [0.15, 0.2) is 66.9 Å². The number of aromatic nitrogens is 1. The summed E-state index contributed by atoms with van der Waals surface area (Å²) in [6, 6.07) is 19.3. The summed E-state index contributed by atoms with van der Waals surface area (Å²) in [7, 11) is 0. The summed E-state index contributed by atoms with van der Waals surface area (Å²) >= 11 is 0. The van der Waals surface area contributed by atoms with Gasteiger partial charge in [0.05, 0.1) is 11.2 Å². The first kappa shape index (κ1) is 17.6. The maximum absolute atomic E-state index is 12.2. The molecule has 0 unspecified atom stereocenters. The van der Waals surface area contributed by atoms with Gasteiger partial charge >= 0.3 is 0 Å². The van der Waals surface area contributed by atoms with E-state index < -0.39 is 0 Å². The van der Waals surface area contributed by atoms with Gasteiger partial charge in [0.1, 0.15) is 0 Å². The molecule has 2 aromatic carbocycles. The lowest BCUT2D eigenvalue weighted by atomic mass is 10.1. The van der Waals surface area contributed by atoms with Gasteiger partial charge in [-0.1, -0.05) is 48.5 Å². The number of nitrogens with zero attached hydrogens (tertiary/aromatic N) is 2. The van der Waals surface area contributed by atoms with Crippen LogP contribution in [0.3, 0.4) is 0 Å². The molecule has 1 heterocycles. The summed E-state index contributed by atoms with van der Waals surface area (Å²) in [6.45, 7) is 2.30. The van der Waals surface area contributed by atoms with Crippen molar-refractivity contribution in [2.75, 3.05) is 11.4 Å². The molecule has 0 aliphatic heterocycles. The molecule has 0 fully saturated rings. The van der Waals surface area contributed by atoms with E-state index in [2.05, 4.69) is 10.3 Å². The first-order valence-electron chi connectivity index (χ1n) is 8.57. The van der Waals surface area contributed by atoms with Gasteiger partial charge in [-0.15, -0.1) is 0 Å². The molecule has 5 heteroatoms. The van der Waals surface area contributed by atoms with Gasteiger partial charge in [0.25, 0.3) is 0 Å². The highest BCUT2D eigenvalue weighted by Crippen LogP contribution is 2.25. The standard InChI is InChI=1S/C21H21N3O2/c1-16(25)24(19-11-5-9-18-10-6-13-22-21(18)19)14-12-20(26)23-15-17-7-3-2-4-8-17/h2-11,13H,12,14-15H2,1H3,(H,23,26). The summed E-state index contributed by atoms with van der Waals surface area (Å²) in [5, 5.41) is 3.85. The van der Waals surface area contributed by atoms with E-state index in [4.69, 9.17) is 0 Å². The van der Waals surface area contributed by atoms with Crippen LogP contribution < -0.4 is 10.2 Å². The van der Waals surface area contributed by atoms with Gasteiger partial charge in [0, 0.05) is 38.0 Å². The first-order chi connectivity index (χ1) is 12.6. The van der Waals surface area contributed by atoms with Crippen LogP contribution in [0.5, 0.6) is 0 Å². The molecule has 26 heavy (non-hydrogen) atoms. The number of amides is 2. The van der Waals surface area contributed by atoms with Crippen molar-refractivity contribution in [2.24, 2.45) is 0 Å². The molecule has 2 amide bonds. The molecule has 0 saturated carbocycles. The fraction of sp³-hybridized carbons (Fsp3) is 0.190. The van der Waals surface area contributed by atoms with Gasteiger partial charge in [0.15, 0.2) is 0 Å². The number of pyridine rings is 1. The van der Waals surface area contributed by atoms with Gasteiger partial charge in [-0.2, -0.15) is 0 Å². The molecule has 0 aliphatic rings. The van der Waals surface area contributed by atoms with Crippen molar-refractivity contribution >= 4 is 28.4 Å². The molecule has 5 nitrogen and oxygen atoms in total. The van der Waals surface area contributed by atoms with Crippen molar-refractivity contribution in [3.63, 3.8) is 0 Å². The van der Waals surface area contributed by atoms with Gasteiger partial charge in [-0.05, 0) is 17.7 Å². The Balaban J connectivity index is 1.67. The number of anilines is 1. The molecule has 3 rings (SSSR count). The zero-order valence-corrected chi connectivity index (χ0v) is 14.7. The van der Waals surface area contributed by atoms with E-state index in [1.54, 1.807) is 11.1 Å². The minimum atomic E-state index is -0.112. The Labute approximate surface area is 152 Å². The van der Waals surface area contributed by atoms with Crippen molar-refractivity contribution in [3.8, 4) is 0 Å². The van der Waals surface area contributed by atoms with Crippen LogP contribution in [-0.4, -0.2) is 23.3 Å². The van der Waals surface area contributed by atoms with Crippen LogP contribution in [0.25, 0.3) is 10.9 Å². The minimum absolute atomic E-state index is 0.0895. The summed E-state index contributed by atoms with van der Waals surface area (Å²) in [4.78, 5) is 30.3. The second-order valence-electron chi connectivity index (χ2n) is 6.04. The van der Waals surface area contributed by atoms with Gasteiger partial charge in [-0.25, -0.2) is 0 Å². The van der Waals surface area contributed by atoms with E-state index in [1.807, 2.05) is 60.7 Å². The Morgan fingerprint density at radius 2 is 1.77 bits per heavy atom. The van der Waals surface area contributed by atoms with E-state index in [0.29, 0.717) is 13.1 Å². The van der Waals surface area contributed by atoms with Crippen molar-refractivity contribution < 1.29 is 9.59 Å². The number of carbonyl (C=O) groups excluding carboxylic acids is 2. The molecule has 0 aliphatic carbocycles. The Hall–Kier alpha value is -3.21. The van der Waals surface area contributed by atoms with Crippen LogP contribution in [-0.2, 0) is 16.1 Å². The lowest BCUT2D eigenvalue weighted by molar-refractivity contribution is -0.121. The third-order valence-corrected chi connectivity index (χ3v) is 4.18. The van der Waals surface area contributed by atoms with E-state index in [-0.39, 0.29) is 18.2 Å². The second kappa shape index (κ2) is 8.25. The third kappa shape index (κ3) is 4.25. The van der Waals surface area contributed by atoms with Crippen LogP contribution in [0.1, 0.15) is 18.9 Å². The number of hydrogen-bond donors (Lipinski definition) is 1. The Morgan fingerprint density at radius 3 is 2.54 bits per heavy atom. The molecule has 1 N–H and O–H groups in total. The summed E-state index contributed by atoms with van der Waals surface area (Å²) < 4.78 is 0. The summed E-state index contributed by atoms with van der Waals surface area (Å²) in [5.41, 5.74) is 2.53. The number of carbonyl (C=O) groups is 2. The largest absolute Gasteiger partial charge is 0.352 e. The van der Waals surface area contributed by atoms with E-state index >= 15 is 0 Å². The number of fused-ring (bicyclic) bond motifs is 1. The fourth-order valence-electron chi connectivity index (χ4n) is 2.85. The number of hydrogen-bond acceptors (Lipinski definition) is 3. The molecule has 0 radical (unpaired) electrons. The molecule has 0 saturated heterocycles. The number of benzene rings is 2. The van der Waals surface area contributed by atoms with E-state index in [0.717, 1.165) is 22.2 Å². The monoisotopic (exact) mass is 347 g/mol. The maximum atomic E-state index is 12.2. The Morgan fingerprint density at radius 1 is 1.00 bits per heavy atom. The molecular weight excluding hydrogens is 326 g/mol. The van der Waals surface area contributed by atoms with Crippen molar-refractivity contribution in [1.82, 2.24) is 10.3 Å².